The summed E-state index contributed by atoms with van der Waals surface area (Å²) >= 11 is 3.76. The number of nitrogens with zero attached hydrogens (tertiary/aromatic N) is 4. The Morgan fingerprint density at radius 3 is 2.52 bits per heavy atom. The van der Waals surface area contributed by atoms with Gasteiger partial charge in [0.2, 0.25) is 0 Å². The Labute approximate surface area is 193 Å². The van der Waals surface area contributed by atoms with Crippen LogP contribution in [0.4, 0.5) is 13.2 Å². The molecule has 31 heavy (non-hydrogen) atoms. The number of rotatable bonds is 3. The summed E-state index contributed by atoms with van der Waals surface area (Å²) in [7, 11) is 0. The highest BCUT2D eigenvalue weighted by atomic mass is 127. The van der Waals surface area contributed by atoms with E-state index in [0.717, 1.165) is 30.1 Å². The average molecular weight is 559 g/mol. The van der Waals surface area contributed by atoms with Crippen molar-refractivity contribution in [1.82, 2.24) is 20.1 Å². The quantitative estimate of drug-likeness (QED) is 0.483. The number of carbonyl (C=O) groups excluding carboxylic acids is 1. The summed E-state index contributed by atoms with van der Waals surface area (Å²) in [5.41, 5.74) is 3.43. The molecular formula is C20H17F3IN5OS. The van der Waals surface area contributed by atoms with E-state index in [0.29, 0.717) is 17.4 Å². The number of thiophene rings is 1. The zero-order chi connectivity index (χ0) is 22.5. The predicted molar refractivity (Wildman–Crippen MR) is 120 cm³/mol. The molecule has 1 amide bonds. The Balaban J connectivity index is 1.89. The SMILES string of the molecule is Cc1sc2c(c1C)C(c1ccc(I)cc1)=NC(CNC(=O)C(F)(F)F)c1nnc(C)n1-2. The van der Waals surface area contributed by atoms with Gasteiger partial charge in [-0.05, 0) is 61.1 Å². The lowest BCUT2D eigenvalue weighted by molar-refractivity contribution is -0.173. The van der Waals surface area contributed by atoms with Gasteiger partial charge in [-0.3, -0.25) is 14.4 Å². The van der Waals surface area contributed by atoms with Crippen LogP contribution in [0.5, 0.6) is 0 Å². The van der Waals surface area contributed by atoms with Crippen LogP contribution in [0.25, 0.3) is 5.00 Å². The second-order valence-electron chi connectivity index (χ2n) is 7.11. The van der Waals surface area contributed by atoms with Crippen molar-refractivity contribution < 1.29 is 18.0 Å². The summed E-state index contributed by atoms with van der Waals surface area (Å²) in [5.74, 6) is -1.01. The number of aryl methyl sites for hydroxylation is 2. The molecule has 11 heteroatoms. The third-order valence-electron chi connectivity index (χ3n) is 5.07. The number of fused-ring (bicyclic) bond motifs is 3. The molecule has 1 aliphatic heterocycles. The highest BCUT2D eigenvalue weighted by Gasteiger charge is 2.39. The third-order valence-corrected chi connectivity index (χ3v) is 6.98. The molecule has 162 valence electrons. The largest absolute Gasteiger partial charge is 0.471 e. The Bertz CT molecular complexity index is 1200. The molecule has 0 aliphatic carbocycles. The van der Waals surface area contributed by atoms with E-state index in [4.69, 9.17) is 4.99 Å². The first-order valence-electron chi connectivity index (χ1n) is 9.29. The third kappa shape index (κ3) is 4.00. The normalized spacial score (nSPS) is 15.7. The second kappa shape index (κ2) is 8.01. The van der Waals surface area contributed by atoms with E-state index < -0.39 is 18.1 Å². The molecule has 1 aromatic carbocycles. The van der Waals surface area contributed by atoms with Crippen molar-refractivity contribution in [2.75, 3.05) is 6.54 Å². The monoisotopic (exact) mass is 559 g/mol. The number of aromatic nitrogens is 3. The van der Waals surface area contributed by atoms with Crippen LogP contribution in [-0.4, -0.2) is 39.1 Å². The molecule has 0 saturated heterocycles. The topological polar surface area (TPSA) is 72.2 Å². The Hall–Kier alpha value is -2.28. The number of hydrogen-bond donors (Lipinski definition) is 1. The molecule has 0 radical (unpaired) electrons. The van der Waals surface area contributed by atoms with Gasteiger partial charge in [0.15, 0.2) is 5.82 Å². The van der Waals surface area contributed by atoms with Crippen LogP contribution in [0.1, 0.15) is 39.3 Å². The fourth-order valence-electron chi connectivity index (χ4n) is 3.42. The lowest BCUT2D eigenvalue weighted by Crippen LogP contribution is -2.39. The van der Waals surface area contributed by atoms with Gasteiger partial charge >= 0.3 is 12.1 Å². The number of amides is 1. The zero-order valence-corrected chi connectivity index (χ0v) is 19.7. The molecule has 3 aromatic rings. The molecule has 1 atom stereocenters. The maximum absolute atomic E-state index is 12.7. The van der Waals surface area contributed by atoms with Gasteiger partial charge in [-0.2, -0.15) is 13.2 Å². The van der Waals surface area contributed by atoms with Crippen LogP contribution < -0.4 is 5.32 Å². The van der Waals surface area contributed by atoms with Crippen molar-refractivity contribution in [1.29, 1.82) is 0 Å². The number of aliphatic imine (C=N–C) groups is 1. The first-order chi connectivity index (χ1) is 14.6. The van der Waals surface area contributed by atoms with E-state index in [1.165, 1.54) is 0 Å². The van der Waals surface area contributed by atoms with Crippen molar-refractivity contribution in [2.24, 2.45) is 4.99 Å². The summed E-state index contributed by atoms with van der Waals surface area (Å²) in [4.78, 5) is 17.4. The maximum atomic E-state index is 12.7. The molecule has 2 aromatic heterocycles. The van der Waals surface area contributed by atoms with Crippen LogP contribution in [0.15, 0.2) is 29.3 Å². The molecule has 1 unspecified atom stereocenters. The van der Waals surface area contributed by atoms with Crippen molar-refractivity contribution >= 4 is 45.5 Å². The van der Waals surface area contributed by atoms with E-state index in [1.54, 1.807) is 18.3 Å². The van der Waals surface area contributed by atoms with Crippen molar-refractivity contribution in [3.8, 4) is 5.00 Å². The molecule has 6 nitrogen and oxygen atoms in total. The smallest absolute Gasteiger partial charge is 0.346 e. The number of halogens is 4. The van der Waals surface area contributed by atoms with E-state index in [2.05, 4.69) is 32.8 Å². The molecule has 0 spiro atoms. The maximum Gasteiger partial charge on any atom is 0.471 e. The molecule has 3 heterocycles. The molecule has 1 aliphatic rings. The van der Waals surface area contributed by atoms with Gasteiger partial charge in [0.1, 0.15) is 16.9 Å². The highest BCUT2D eigenvalue weighted by Crippen LogP contribution is 2.38. The highest BCUT2D eigenvalue weighted by molar-refractivity contribution is 14.1. The lowest BCUT2D eigenvalue weighted by atomic mass is 10.00. The van der Waals surface area contributed by atoms with Crippen molar-refractivity contribution in [3.63, 3.8) is 0 Å². The fourth-order valence-corrected chi connectivity index (χ4v) is 5.00. The fraction of sp³-hybridized carbons (Fsp3) is 0.300. The molecule has 1 N–H and O–H groups in total. The van der Waals surface area contributed by atoms with Gasteiger partial charge in [-0.1, -0.05) is 12.1 Å². The second-order valence-corrected chi connectivity index (χ2v) is 9.56. The Morgan fingerprint density at radius 1 is 1.19 bits per heavy atom. The standard InChI is InChI=1S/C20H17F3IN5OS/c1-9-10(2)31-18-15(9)16(12-4-6-13(24)7-5-12)26-14(8-25-19(30)20(21,22)23)17-28-27-11(3)29(17)18/h4-7,14H,8H2,1-3H3,(H,25,30). The van der Waals surface area contributed by atoms with Gasteiger partial charge in [0.05, 0.1) is 5.71 Å². The summed E-state index contributed by atoms with van der Waals surface area (Å²) in [5, 5.41) is 11.1. The van der Waals surface area contributed by atoms with Crippen LogP contribution in [-0.2, 0) is 4.79 Å². The Morgan fingerprint density at radius 2 is 1.87 bits per heavy atom. The van der Waals surface area contributed by atoms with Crippen LogP contribution in [0, 0.1) is 24.3 Å². The average Bonchev–Trinajstić information content (AvgIpc) is 3.17. The first-order valence-corrected chi connectivity index (χ1v) is 11.2. The molecule has 0 saturated carbocycles. The summed E-state index contributed by atoms with van der Waals surface area (Å²) < 4.78 is 41.1. The van der Waals surface area contributed by atoms with Gasteiger partial charge in [-0.25, -0.2) is 0 Å². The van der Waals surface area contributed by atoms with E-state index in [1.807, 2.05) is 48.0 Å². The molecular weight excluding hydrogens is 542 g/mol. The van der Waals surface area contributed by atoms with Crippen molar-refractivity contribution in [2.45, 2.75) is 33.0 Å². The minimum atomic E-state index is -4.97. The minimum Gasteiger partial charge on any atom is -0.346 e. The number of hydrogen-bond acceptors (Lipinski definition) is 5. The molecule has 4 rings (SSSR count). The van der Waals surface area contributed by atoms with Gasteiger partial charge < -0.3 is 5.32 Å². The predicted octanol–water partition coefficient (Wildman–Crippen LogP) is 4.43. The zero-order valence-electron chi connectivity index (χ0n) is 16.7. The summed E-state index contributed by atoms with van der Waals surface area (Å²) in [6.07, 6.45) is -4.97. The first kappa shape index (κ1) is 21.9. The number of benzene rings is 1. The van der Waals surface area contributed by atoms with Gasteiger partial charge in [-0.15, -0.1) is 21.5 Å². The van der Waals surface area contributed by atoms with E-state index >= 15 is 0 Å². The minimum absolute atomic E-state index is 0.350. The van der Waals surface area contributed by atoms with Crippen LogP contribution in [0.2, 0.25) is 0 Å². The number of carbonyl (C=O) groups is 1. The van der Waals surface area contributed by atoms with Crippen LogP contribution >= 0.6 is 33.9 Å². The van der Waals surface area contributed by atoms with Gasteiger partial charge in [0, 0.05) is 26.1 Å². The van der Waals surface area contributed by atoms with Crippen LogP contribution in [0.3, 0.4) is 0 Å². The lowest BCUT2D eigenvalue weighted by Gasteiger charge is -2.14. The Kier molecular flexibility index (Phi) is 5.66. The van der Waals surface area contributed by atoms with E-state index in [-0.39, 0.29) is 6.54 Å². The summed E-state index contributed by atoms with van der Waals surface area (Å²) in [6.45, 7) is 5.45. The van der Waals surface area contributed by atoms with Crippen molar-refractivity contribution in [3.05, 3.63) is 61.1 Å². The number of alkyl halides is 3. The molecule has 0 bridgehead atoms. The van der Waals surface area contributed by atoms with E-state index in [9.17, 15) is 18.0 Å². The van der Waals surface area contributed by atoms with Gasteiger partial charge in [0.25, 0.3) is 0 Å². The number of nitrogens with one attached hydrogen (secondary N) is 1. The molecule has 0 fully saturated rings. The summed E-state index contributed by atoms with van der Waals surface area (Å²) in [6, 6.07) is 6.93.